The van der Waals surface area contributed by atoms with Crippen LogP contribution in [0, 0.1) is 17.8 Å². The SMILES string of the molecule is CC[C@@H]1CCc2c(sc(NC(=O)[C@@H]3CC(C)=C(C)C[C@H]3C(=O)O)c2C(N)=O)C1. The van der Waals surface area contributed by atoms with Gasteiger partial charge in [-0.25, -0.2) is 0 Å². The number of carbonyl (C=O) groups excluding carboxylic acids is 2. The van der Waals surface area contributed by atoms with Gasteiger partial charge in [-0.2, -0.15) is 0 Å². The molecule has 0 spiro atoms. The molecular weight excluding hydrogens is 376 g/mol. The summed E-state index contributed by atoms with van der Waals surface area (Å²) in [5, 5.41) is 12.9. The molecule has 2 aliphatic carbocycles. The Kier molecular flexibility index (Phi) is 5.93. The van der Waals surface area contributed by atoms with Gasteiger partial charge >= 0.3 is 5.97 Å². The summed E-state index contributed by atoms with van der Waals surface area (Å²) < 4.78 is 0. The van der Waals surface area contributed by atoms with Gasteiger partial charge in [0, 0.05) is 4.88 Å². The highest BCUT2D eigenvalue weighted by atomic mass is 32.1. The van der Waals surface area contributed by atoms with Crippen LogP contribution in [0.5, 0.6) is 0 Å². The summed E-state index contributed by atoms with van der Waals surface area (Å²) in [6.07, 6.45) is 4.58. The Bertz CT molecular complexity index is 855. The normalized spacial score (nSPS) is 24.6. The maximum absolute atomic E-state index is 13.0. The molecule has 2 amide bonds. The van der Waals surface area contributed by atoms with Crippen LogP contribution < -0.4 is 11.1 Å². The van der Waals surface area contributed by atoms with E-state index in [0.717, 1.165) is 47.3 Å². The van der Waals surface area contributed by atoms with Crippen LogP contribution in [0.1, 0.15) is 67.3 Å². The van der Waals surface area contributed by atoms with Crippen molar-refractivity contribution in [3.8, 4) is 0 Å². The van der Waals surface area contributed by atoms with Gasteiger partial charge in [0.25, 0.3) is 5.91 Å². The Balaban J connectivity index is 1.89. The Morgan fingerprint density at radius 1 is 1.14 bits per heavy atom. The van der Waals surface area contributed by atoms with Crippen molar-refractivity contribution in [2.75, 3.05) is 5.32 Å². The lowest BCUT2D eigenvalue weighted by Gasteiger charge is -2.29. The molecule has 0 unspecified atom stereocenters. The molecule has 7 heteroatoms. The van der Waals surface area contributed by atoms with Crippen molar-refractivity contribution >= 4 is 34.1 Å². The number of carbonyl (C=O) groups is 3. The van der Waals surface area contributed by atoms with Crippen molar-refractivity contribution in [2.45, 2.75) is 59.3 Å². The van der Waals surface area contributed by atoms with Crippen molar-refractivity contribution in [3.05, 3.63) is 27.2 Å². The zero-order chi connectivity index (χ0) is 20.6. The van der Waals surface area contributed by atoms with Crippen molar-refractivity contribution in [3.63, 3.8) is 0 Å². The number of nitrogens with one attached hydrogen (secondary N) is 1. The van der Waals surface area contributed by atoms with Gasteiger partial charge in [-0.3, -0.25) is 14.4 Å². The first-order valence-electron chi connectivity index (χ1n) is 9.86. The molecule has 0 radical (unpaired) electrons. The fourth-order valence-electron chi connectivity index (χ4n) is 4.38. The van der Waals surface area contributed by atoms with E-state index in [4.69, 9.17) is 5.73 Å². The average Bonchev–Trinajstić information content (AvgIpc) is 3.00. The molecular formula is C21H28N2O4S. The van der Waals surface area contributed by atoms with E-state index in [1.807, 2.05) is 13.8 Å². The number of aliphatic carboxylic acids is 1. The Morgan fingerprint density at radius 3 is 2.36 bits per heavy atom. The van der Waals surface area contributed by atoms with Crippen LogP contribution in [0.25, 0.3) is 0 Å². The van der Waals surface area contributed by atoms with Crippen LogP contribution in [0.3, 0.4) is 0 Å². The number of nitrogens with two attached hydrogens (primary N) is 1. The molecule has 1 heterocycles. The van der Waals surface area contributed by atoms with E-state index in [1.54, 1.807) is 0 Å². The van der Waals surface area contributed by atoms with E-state index in [9.17, 15) is 19.5 Å². The summed E-state index contributed by atoms with van der Waals surface area (Å²) >= 11 is 1.42. The predicted molar refractivity (Wildman–Crippen MR) is 109 cm³/mol. The van der Waals surface area contributed by atoms with Crippen LogP contribution >= 0.6 is 11.3 Å². The third kappa shape index (κ3) is 3.85. The minimum atomic E-state index is -0.960. The fraction of sp³-hybridized carbons (Fsp3) is 0.571. The number of hydrogen-bond acceptors (Lipinski definition) is 4. The van der Waals surface area contributed by atoms with Crippen LogP contribution in [0.15, 0.2) is 11.1 Å². The number of allylic oxidation sites excluding steroid dienone is 2. The Morgan fingerprint density at radius 2 is 1.79 bits per heavy atom. The molecule has 3 atom stereocenters. The van der Waals surface area contributed by atoms with Gasteiger partial charge in [0.2, 0.25) is 5.91 Å². The first-order chi connectivity index (χ1) is 13.2. The summed E-state index contributed by atoms with van der Waals surface area (Å²) in [6.45, 7) is 6.02. The second-order valence-corrected chi connectivity index (χ2v) is 9.20. The summed E-state index contributed by atoms with van der Waals surface area (Å²) in [5.74, 6) is -2.65. The lowest BCUT2D eigenvalue weighted by Crippen LogP contribution is -2.36. The third-order valence-corrected chi connectivity index (χ3v) is 7.52. The average molecular weight is 405 g/mol. The number of carboxylic acid groups (broad SMARTS) is 1. The highest BCUT2D eigenvalue weighted by Crippen LogP contribution is 2.41. The number of rotatable bonds is 5. The molecule has 4 N–H and O–H groups in total. The van der Waals surface area contributed by atoms with Gasteiger partial charge < -0.3 is 16.2 Å². The lowest BCUT2D eigenvalue weighted by molar-refractivity contribution is -0.146. The maximum Gasteiger partial charge on any atom is 0.307 e. The molecule has 2 aliphatic rings. The number of anilines is 1. The van der Waals surface area contributed by atoms with Crippen molar-refractivity contribution < 1.29 is 19.5 Å². The summed E-state index contributed by atoms with van der Waals surface area (Å²) in [6, 6.07) is 0. The zero-order valence-electron chi connectivity index (χ0n) is 16.6. The number of fused-ring (bicyclic) bond motifs is 1. The Hall–Kier alpha value is -2.15. The quantitative estimate of drug-likeness (QED) is 0.649. The molecule has 1 aromatic rings. The molecule has 0 saturated carbocycles. The number of carboxylic acids is 1. The Labute approximate surface area is 169 Å². The molecule has 152 valence electrons. The largest absolute Gasteiger partial charge is 0.481 e. The summed E-state index contributed by atoms with van der Waals surface area (Å²) in [7, 11) is 0. The third-order valence-electron chi connectivity index (χ3n) is 6.35. The van der Waals surface area contributed by atoms with E-state index in [1.165, 1.54) is 11.3 Å². The van der Waals surface area contributed by atoms with Gasteiger partial charge in [0.05, 0.1) is 17.4 Å². The number of primary amides is 1. The minimum absolute atomic E-state index is 0.340. The molecule has 0 aromatic carbocycles. The number of amides is 2. The summed E-state index contributed by atoms with van der Waals surface area (Å²) in [5.41, 5.74) is 9.10. The van der Waals surface area contributed by atoms with Gasteiger partial charge in [0.1, 0.15) is 5.00 Å². The molecule has 6 nitrogen and oxygen atoms in total. The smallest absolute Gasteiger partial charge is 0.307 e. The predicted octanol–water partition coefficient (Wildman–Crippen LogP) is 3.75. The minimum Gasteiger partial charge on any atom is -0.481 e. The van der Waals surface area contributed by atoms with E-state index in [-0.39, 0.29) is 5.91 Å². The van der Waals surface area contributed by atoms with Crippen molar-refractivity contribution in [1.29, 1.82) is 0 Å². The molecule has 0 saturated heterocycles. The number of thiophene rings is 1. The molecule has 28 heavy (non-hydrogen) atoms. The van der Waals surface area contributed by atoms with E-state index >= 15 is 0 Å². The van der Waals surface area contributed by atoms with Crippen LogP contribution in [-0.4, -0.2) is 22.9 Å². The van der Waals surface area contributed by atoms with Crippen molar-refractivity contribution in [2.24, 2.45) is 23.5 Å². The van der Waals surface area contributed by atoms with Gasteiger partial charge in [-0.15, -0.1) is 11.3 Å². The van der Waals surface area contributed by atoms with E-state index in [0.29, 0.717) is 29.3 Å². The second kappa shape index (κ2) is 8.07. The van der Waals surface area contributed by atoms with Crippen molar-refractivity contribution in [1.82, 2.24) is 0 Å². The van der Waals surface area contributed by atoms with Gasteiger partial charge in [-0.05, 0) is 57.4 Å². The molecule has 0 bridgehead atoms. The molecule has 3 rings (SSSR count). The first kappa shape index (κ1) is 20.6. The topological polar surface area (TPSA) is 109 Å². The van der Waals surface area contributed by atoms with E-state index in [2.05, 4.69) is 12.2 Å². The zero-order valence-corrected chi connectivity index (χ0v) is 17.4. The molecule has 1 aromatic heterocycles. The maximum atomic E-state index is 13.0. The molecule has 0 fully saturated rings. The van der Waals surface area contributed by atoms with E-state index < -0.39 is 23.7 Å². The lowest BCUT2D eigenvalue weighted by atomic mass is 9.76. The van der Waals surface area contributed by atoms with Crippen LogP contribution in [0.4, 0.5) is 5.00 Å². The first-order valence-corrected chi connectivity index (χ1v) is 10.7. The number of hydrogen-bond donors (Lipinski definition) is 3. The summed E-state index contributed by atoms with van der Waals surface area (Å²) in [4.78, 5) is 37.9. The molecule has 0 aliphatic heterocycles. The van der Waals surface area contributed by atoms with Gasteiger partial charge in [-0.1, -0.05) is 24.5 Å². The van der Waals surface area contributed by atoms with Crippen LogP contribution in [-0.2, 0) is 22.4 Å². The van der Waals surface area contributed by atoms with Crippen LogP contribution in [0.2, 0.25) is 0 Å². The monoisotopic (exact) mass is 404 g/mol. The highest BCUT2D eigenvalue weighted by molar-refractivity contribution is 7.17. The highest BCUT2D eigenvalue weighted by Gasteiger charge is 2.38. The van der Waals surface area contributed by atoms with Gasteiger partial charge in [0.15, 0.2) is 0 Å². The standard InChI is InChI=1S/C21H28N2O4S/c1-4-12-5-6-13-16(9-12)28-20(17(13)18(22)24)23-19(25)14-7-10(2)11(3)8-15(14)21(26)27/h12,14-15H,4-9H2,1-3H3,(H2,22,24)(H,23,25)(H,26,27)/t12-,14-,15-/m1/s1. The fourth-order valence-corrected chi connectivity index (χ4v) is 5.75. The second-order valence-electron chi connectivity index (χ2n) is 8.10.